The molecule has 0 amide bonds. The lowest BCUT2D eigenvalue weighted by atomic mass is 9.79. The van der Waals surface area contributed by atoms with E-state index in [0.29, 0.717) is 18.0 Å². The molecule has 31 heavy (non-hydrogen) atoms. The van der Waals surface area contributed by atoms with Crippen molar-refractivity contribution in [2.24, 2.45) is 0 Å². The summed E-state index contributed by atoms with van der Waals surface area (Å²) in [7, 11) is 0. The van der Waals surface area contributed by atoms with Crippen LogP contribution in [0.4, 0.5) is 4.39 Å². The van der Waals surface area contributed by atoms with E-state index in [1.54, 1.807) is 12.1 Å². The van der Waals surface area contributed by atoms with Crippen LogP contribution in [0.5, 0.6) is 0 Å². The normalized spacial score (nSPS) is 23.7. The van der Waals surface area contributed by atoms with E-state index in [2.05, 4.69) is 70.5 Å². The molecule has 2 bridgehead atoms. The SMILES string of the molecule is Fc1ccc(CCN2CCN3C[C@H]2CC[C@@H]3C(c2ccccc2)c2ccccc2)cc1. The fraction of sp³-hybridized carbons (Fsp3) is 0.357. The van der Waals surface area contributed by atoms with Gasteiger partial charge in [-0.3, -0.25) is 9.80 Å². The van der Waals surface area contributed by atoms with Crippen molar-refractivity contribution >= 4 is 0 Å². The maximum Gasteiger partial charge on any atom is 0.123 e. The Kier molecular flexibility index (Phi) is 6.15. The van der Waals surface area contributed by atoms with Crippen molar-refractivity contribution in [1.29, 1.82) is 0 Å². The number of hydrogen-bond acceptors (Lipinski definition) is 2. The van der Waals surface area contributed by atoms with Gasteiger partial charge in [-0.15, -0.1) is 0 Å². The molecule has 2 nitrogen and oxygen atoms in total. The Morgan fingerprint density at radius 3 is 2.06 bits per heavy atom. The van der Waals surface area contributed by atoms with Gasteiger partial charge in [0.05, 0.1) is 0 Å². The van der Waals surface area contributed by atoms with Crippen LogP contribution in [0.25, 0.3) is 0 Å². The third kappa shape index (κ3) is 4.58. The van der Waals surface area contributed by atoms with Crippen molar-refractivity contribution in [2.45, 2.75) is 37.3 Å². The van der Waals surface area contributed by atoms with Crippen molar-refractivity contribution in [1.82, 2.24) is 9.80 Å². The summed E-state index contributed by atoms with van der Waals surface area (Å²) >= 11 is 0. The molecule has 0 radical (unpaired) electrons. The van der Waals surface area contributed by atoms with Gasteiger partial charge in [0.15, 0.2) is 0 Å². The molecule has 2 saturated heterocycles. The lowest BCUT2D eigenvalue weighted by Gasteiger charge is -2.51. The van der Waals surface area contributed by atoms with Crippen LogP contribution in [-0.2, 0) is 6.42 Å². The zero-order chi connectivity index (χ0) is 21.0. The van der Waals surface area contributed by atoms with Crippen LogP contribution in [0.1, 0.15) is 35.4 Å². The van der Waals surface area contributed by atoms with E-state index < -0.39 is 0 Å². The van der Waals surface area contributed by atoms with Gasteiger partial charge in [0.1, 0.15) is 5.82 Å². The highest BCUT2D eigenvalue weighted by Crippen LogP contribution is 2.37. The highest BCUT2D eigenvalue weighted by molar-refractivity contribution is 5.35. The molecule has 0 saturated carbocycles. The molecule has 2 fully saturated rings. The molecule has 2 heterocycles. The van der Waals surface area contributed by atoms with Crippen LogP contribution in [0.3, 0.4) is 0 Å². The predicted octanol–water partition coefficient (Wildman–Crippen LogP) is 5.35. The molecule has 0 N–H and O–H groups in total. The van der Waals surface area contributed by atoms with Gasteiger partial charge < -0.3 is 0 Å². The van der Waals surface area contributed by atoms with Crippen molar-refractivity contribution in [2.75, 3.05) is 26.2 Å². The average Bonchev–Trinajstić information content (AvgIpc) is 2.83. The summed E-state index contributed by atoms with van der Waals surface area (Å²) in [6.45, 7) is 4.47. The van der Waals surface area contributed by atoms with E-state index in [1.165, 1.54) is 29.5 Å². The smallest absolute Gasteiger partial charge is 0.123 e. The molecule has 3 heteroatoms. The number of halogens is 1. The first kappa shape index (κ1) is 20.4. The minimum absolute atomic E-state index is 0.151. The lowest BCUT2D eigenvalue weighted by molar-refractivity contribution is 0.00113. The summed E-state index contributed by atoms with van der Waals surface area (Å²) in [5, 5.41) is 0. The standard InChI is InChI=1S/C28H31FN2/c29-25-13-11-22(12-14-25)17-18-30-19-20-31-21-26(30)15-16-27(31)28(23-7-3-1-4-8-23)24-9-5-2-6-10-24/h1-14,26-28H,15-21H2/t26-,27-/m1/s1. The monoisotopic (exact) mass is 414 g/mol. The van der Waals surface area contributed by atoms with E-state index in [-0.39, 0.29) is 5.82 Å². The molecule has 0 aliphatic carbocycles. The largest absolute Gasteiger partial charge is 0.298 e. The lowest BCUT2D eigenvalue weighted by Crippen LogP contribution is -2.60. The van der Waals surface area contributed by atoms with Crippen molar-refractivity contribution < 1.29 is 4.39 Å². The van der Waals surface area contributed by atoms with Crippen LogP contribution < -0.4 is 0 Å². The van der Waals surface area contributed by atoms with Gasteiger partial charge in [-0.2, -0.15) is 0 Å². The fourth-order valence-corrected chi connectivity index (χ4v) is 5.59. The molecule has 2 aliphatic heterocycles. The van der Waals surface area contributed by atoms with E-state index in [0.717, 1.165) is 32.6 Å². The summed E-state index contributed by atoms with van der Waals surface area (Å²) in [6.07, 6.45) is 3.48. The topological polar surface area (TPSA) is 6.48 Å². The van der Waals surface area contributed by atoms with E-state index >= 15 is 0 Å². The molecule has 1 unspecified atom stereocenters. The average molecular weight is 415 g/mol. The molecule has 5 rings (SSSR count). The van der Waals surface area contributed by atoms with Gasteiger partial charge in [0.25, 0.3) is 0 Å². The van der Waals surface area contributed by atoms with Gasteiger partial charge in [0.2, 0.25) is 0 Å². The van der Waals surface area contributed by atoms with Gasteiger partial charge in [0, 0.05) is 44.2 Å². The molecule has 0 spiro atoms. The third-order valence-electron chi connectivity index (χ3n) is 7.20. The zero-order valence-electron chi connectivity index (χ0n) is 18.0. The summed E-state index contributed by atoms with van der Waals surface area (Å²) in [6, 6.07) is 30.3. The van der Waals surface area contributed by atoms with Gasteiger partial charge in [-0.1, -0.05) is 72.8 Å². The Bertz CT molecular complexity index is 918. The Morgan fingerprint density at radius 1 is 0.774 bits per heavy atom. The molecule has 3 aromatic carbocycles. The first-order valence-corrected chi connectivity index (χ1v) is 11.6. The van der Waals surface area contributed by atoms with Crippen LogP contribution in [0.2, 0.25) is 0 Å². The highest BCUT2D eigenvalue weighted by Gasteiger charge is 2.39. The fourth-order valence-electron chi connectivity index (χ4n) is 5.59. The van der Waals surface area contributed by atoms with E-state index in [9.17, 15) is 4.39 Å². The number of rotatable bonds is 6. The number of piperidine rings is 1. The summed E-state index contributed by atoms with van der Waals surface area (Å²) < 4.78 is 13.2. The third-order valence-corrected chi connectivity index (χ3v) is 7.20. The van der Waals surface area contributed by atoms with Crippen LogP contribution in [0, 0.1) is 5.82 Å². The number of benzene rings is 3. The van der Waals surface area contributed by atoms with Crippen LogP contribution >= 0.6 is 0 Å². The Morgan fingerprint density at radius 2 is 1.42 bits per heavy atom. The minimum atomic E-state index is -0.151. The van der Waals surface area contributed by atoms with Crippen LogP contribution in [-0.4, -0.2) is 48.1 Å². The number of nitrogens with zero attached hydrogens (tertiary/aromatic N) is 2. The molecule has 3 aromatic rings. The van der Waals surface area contributed by atoms with Crippen molar-refractivity contribution in [3.63, 3.8) is 0 Å². The van der Waals surface area contributed by atoms with E-state index in [1.807, 2.05) is 12.1 Å². The number of hydrogen-bond donors (Lipinski definition) is 0. The first-order chi connectivity index (χ1) is 15.3. The van der Waals surface area contributed by atoms with Gasteiger partial charge >= 0.3 is 0 Å². The second-order valence-corrected chi connectivity index (χ2v) is 9.00. The molecular formula is C28H31FN2. The van der Waals surface area contributed by atoms with E-state index in [4.69, 9.17) is 0 Å². The van der Waals surface area contributed by atoms with Crippen molar-refractivity contribution in [3.8, 4) is 0 Å². The molecular weight excluding hydrogens is 383 g/mol. The highest BCUT2D eigenvalue weighted by atomic mass is 19.1. The minimum Gasteiger partial charge on any atom is -0.298 e. The zero-order valence-corrected chi connectivity index (χ0v) is 18.0. The van der Waals surface area contributed by atoms with Gasteiger partial charge in [-0.25, -0.2) is 4.39 Å². The van der Waals surface area contributed by atoms with Crippen LogP contribution in [0.15, 0.2) is 84.9 Å². The second kappa shape index (κ2) is 9.33. The summed E-state index contributed by atoms with van der Waals surface area (Å²) in [5.74, 6) is 0.274. The summed E-state index contributed by atoms with van der Waals surface area (Å²) in [5.41, 5.74) is 4.08. The number of fused-ring (bicyclic) bond motifs is 2. The first-order valence-electron chi connectivity index (χ1n) is 11.6. The summed E-state index contributed by atoms with van der Waals surface area (Å²) in [4.78, 5) is 5.41. The molecule has 160 valence electrons. The quantitative estimate of drug-likeness (QED) is 0.537. The maximum atomic E-state index is 13.2. The second-order valence-electron chi connectivity index (χ2n) is 9.00. The molecule has 3 atom stereocenters. The molecule has 0 aromatic heterocycles. The predicted molar refractivity (Wildman–Crippen MR) is 125 cm³/mol. The maximum absolute atomic E-state index is 13.2. The van der Waals surface area contributed by atoms with Crippen molar-refractivity contribution in [3.05, 3.63) is 107 Å². The Labute approximate surface area is 185 Å². The molecule has 2 aliphatic rings. The number of piperazine rings is 1. The Hall–Kier alpha value is -2.49. The van der Waals surface area contributed by atoms with Gasteiger partial charge in [-0.05, 0) is 48.1 Å². The Balaban J connectivity index is 1.29.